The molecule has 0 unspecified atom stereocenters. The molecule has 0 aliphatic rings. The van der Waals surface area contributed by atoms with E-state index in [4.69, 9.17) is 15.0 Å². The minimum atomic E-state index is 0.478. The van der Waals surface area contributed by atoms with Crippen LogP contribution in [0, 0.1) is 34.0 Å². The quantitative estimate of drug-likeness (QED) is 0.184. The summed E-state index contributed by atoms with van der Waals surface area (Å²) in [6.45, 7) is 0. The Hall–Kier alpha value is -7.41. The first-order valence-electron chi connectivity index (χ1n) is 14.8. The molecule has 3 aromatic carbocycles. The summed E-state index contributed by atoms with van der Waals surface area (Å²) in [5.74, 6) is 1.44. The van der Waals surface area contributed by atoms with Crippen LogP contribution in [0.4, 0.5) is 0 Å². The third-order valence-corrected chi connectivity index (χ3v) is 7.82. The molecule has 0 aliphatic heterocycles. The zero-order chi connectivity index (χ0) is 32.9. The van der Waals surface area contributed by atoms with Crippen molar-refractivity contribution in [2.45, 2.75) is 0 Å². The monoisotopic (exact) mass is 615 g/mol. The van der Waals surface area contributed by atoms with Crippen molar-refractivity contribution in [1.82, 2.24) is 29.9 Å². The molecule has 0 N–H and O–H groups in total. The van der Waals surface area contributed by atoms with Gasteiger partial charge in [-0.05, 0) is 34.9 Å². The molecule has 0 radical (unpaired) electrons. The number of benzene rings is 3. The summed E-state index contributed by atoms with van der Waals surface area (Å²) < 4.78 is 0. The Bertz CT molecular complexity index is 2130. The number of nitrogens with zero attached hydrogens (tertiary/aromatic N) is 9. The lowest BCUT2D eigenvalue weighted by Gasteiger charge is -2.11. The van der Waals surface area contributed by atoms with Crippen LogP contribution in [-0.2, 0) is 0 Å². The number of hydrogen-bond acceptors (Lipinski definition) is 9. The Morgan fingerprint density at radius 3 is 0.833 bits per heavy atom. The number of pyridine rings is 3. The molecule has 7 aromatic rings. The highest BCUT2D eigenvalue weighted by Crippen LogP contribution is 2.31. The molecule has 48 heavy (non-hydrogen) atoms. The van der Waals surface area contributed by atoms with Gasteiger partial charge in [0.2, 0.25) is 0 Å². The van der Waals surface area contributed by atoms with Gasteiger partial charge in [-0.1, -0.05) is 72.8 Å². The molecule has 9 heteroatoms. The van der Waals surface area contributed by atoms with Gasteiger partial charge in [0, 0.05) is 70.6 Å². The maximum atomic E-state index is 9.56. The molecule has 4 aromatic heterocycles. The Kier molecular flexibility index (Phi) is 7.88. The maximum Gasteiger partial charge on any atom is 0.164 e. The fraction of sp³-hybridized carbons (Fsp3) is 0. The first-order chi connectivity index (χ1) is 23.6. The van der Waals surface area contributed by atoms with Crippen molar-refractivity contribution >= 4 is 0 Å². The number of aromatic nitrogens is 6. The Morgan fingerprint density at radius 1 is 0.333 bits per heavy atom. The van der Waals surface area contributed by atoms with E-state index in [-0.39, 0.29) is 0 Å². The second-order valence-corrected chi connectivity index (χ2v) is 10.6. The van der Waals surface area contributed by atoms with Crippen molar-refractivity contribution in [3.8, 4) is 85.8 Å². The average molecular weight is 616 g/mol. The second-order valence-electron chi connectivity index (χ2n) is 10.6. The highest BCUT2D eigenvalue weighted by Gasteiger charge is 2.15. The van der Waals surface area contributed by atoms with Crippen LogP contribution in [-0.4, -0.2) is 29.9 Å². The van der Waals surface area contributed by atoms with Gasteiger partial charge in [-0.2, -0.15) is 15.8 Å². The topological polar surface area (TPSA) is 149 Å². The minimum absolute atomic E-state index is 0.478. The zero-order valence-electron chi connectivity index (χ0n) is 25.1. The van der Waals surface area contributed by atoms with Gasteiger partial charge in [-0.25, -0.2) is 15.0 Å². The number of rotatable bonds is 6. The third-order valence-electron chi connectivity index (χ3n) is 7.82. The smallest absolute Gasteiger partial charge is 0.164 e. The molecule has 7 rings (SSSR count). The fourth-order valence-electron chi connectivity index (χ4n) is 5.37. The van der Waals surface area contributed by atoms with E-state index in [0.29, 0.717) is 34.2 Å². The van der Waals surface area contributed by atoms with Crippen LogP contribution in [0.15, 0.2) is 128 Å². The van der Waals surface area contributed by atoms with Crippen molar-refractivity contribution in [2.75, 3.05) is 0 Å². The summed E-state index contributed by atoms with van der Waals surface area (Å²) in [6, 6.07) is 35.2. The van der Waals surface area contributed by atoms with E-state index in [1.54, 1.807) is 37.2 Å². The Morgan fingerprint density at radius 2 is 0.583 bits per heavy atom. The average Bonchev–Trinajstić information content (AvgIpc) is 3.18. The van der Waals surface area contributed by atoms with E-state index >= 15 is 0 Å². The maximum absolute atomic E-state index is 9.56. The lowest BCUT2D eigenvalue weighted by atomic mass is 10.00. The van der Waals surface area contributed by atoms with E-state index in [9.17, 15) is 15.8 Å². The molecule has 0 saturated heterocycles. The lowest BCUT2D eigenvalue weighted by molar-refractivity contribution is 1.07. The molecule has 0 spiro atoms. The fourth-order valence-corrected chi connectivity index (χ4v) is 5.37. The molecule has 0 aliphatic carbocycles. The summed E-state index contributed by atoms with van der Waals surface area (Å²) in [4.78, 5) is 26.8. The molecule has 0 bridgehead atoms. The van der Waals surface area contributed by atoms with Crippen molar-refractivity contribution in [1.29, 1.82) is 15.8 Å². The zero-order valence-corrected chi connectivity index (χ0v) is 25.1. The lowest BCUT2D eigenvalue weighted by Crippen LogP contribution is -2.00. The molecular formula is C39H21N9. The number of hydrogen-bond donors (Lipinski definition) is 0. The molecule has 0 atom stereocenters. The van der Waals surface area contributed by atoms with Crippen LogP contribution >= 0.6 is 0 Å². The van der Waals surface area contributed by atoms with Gasteiger partial charge in [0.25, 0.3) is 0 Å². The molecule has 222 valence electrons. The summed E-state index contributed by atoms with van der Waals surface area (Å²) in [6.07, 6.45) is 9.64. The van der Waals surface area contributed by atoms with Gasteiger partial charge in [0.05, 0.1) is 16.7 Å². The van der Waals surface area contributed by atoms with Crippen LogP contribution in [0.1, 0.15) is 16.7 Å². The van der Waals surface area contributed by atoms with Crippen molar-refractivity contribution < 1.29 is 0 Å². The van der Waals surface area contributed by atoms with Gasteiger partial charge in [0.15, 0.2) is 17.5 Å². The molecule has 4 heterocycles. The van der Waals surface area contributed by atoms with Gasteiger partial charge in [-0.15, -0.1) is 0 Å². The normalized spacial score (nSPS) is 10.4. The van der Waals surface area contributed by atoms with Gasteiger partial charge < -0.3 is 0 Å². The van der Waals surface area contributed by atoms with Gasteiger partial charge >= 0.3 is 0 Å². The first-order valence-corrected chi connectivity index (χ1v) is 14.8. The van der Waals surface area contributed by atoms with Crippen molar-refractivity contribution in [2.24, 2.45) is 0 Å². The van der Waals surface area contributed by atoms with E-state index in [0.717, 1.165) is 50.1 Å². The predicted molar refractivity (Wildman–Crippen MR) is 180 cm³/mol. The minimum Gasteiger partial charge on any atom is -0.263 e. The SMILES string of the molecule is N#Cc1cnccc1-c1ccc(-c2nc(-c3ccc(-c4ccncc4C#N)cc3)nc(-c3ccc(-c4ccncc4C#N)cc3)n2)cc1. The predicted octanol–water partition coefficient (Wildman–Crippen LogP) is 7.67. The molecule has 0 saturated carbocycles. The van der Waals surface area contributed by atoms with Crippen molar-refractivity contribution in [3.05, 3.63) is 145 Å². The van der Waals surface area contributed by atoms with E-state index in [2.05, 4.69) is 33.2 Å². The molecular weight excluding hydrogens is 594 g/mol. The third kappa shape index (κ3) is 5.73. The standard InChI is InChI=1S/C39H21N9/c40-19-31-22-43-16-13-34(31)25-1-7-28(8-2-25)37-46-38(29-9-3-26(4-10-29)35-14-17-44-23-32(35)20-41)48-39(47-37)30-11-5-27(6-12-30)36-15-18-45-24-33(36)21-42/h1-18,22-24H. The van der Waals surface area contributed by atoms with Gasteiger partial charge in [0.1, 0.15) is 18.2 Å². The Balaban J connectivity index is 1.30. The van der Waals surface area contributed by atoms with E-state index in [1.807, 2.05) is 91.0 Å². The number of nitriles is 3. The second kappa shape index (κ2) is 12.9. The summed E-state index contributed by atoms with van der Waals surface area (Å²) in [5.41, 5.74) is 8.78. The van der Waals surface area contributed by atoms with E-state index < -0.39 is 0 Å². The van der Waals surface area contributed by atoms with Gasteiger partial charge in [-0.3, -0.25) is 15.0 Å². The molecule has 0 fully saturated rings. The van der Waals surface area contributed by atoms with E-state index in [1.165, 1.54) is 0 Å². The summed E-state index contributed by atoms with van der Waals surface area (Å²) in [5, 5.41) is 28.7. The van der Waals surface area contributed by atoms with Crippen LogP contribution in [0.25, 0.3) is 67.5 Å². The summed E-state index contributed by atoms with van der Waals surface area (Å²) in [7, 11) is 0. The van der Waals surface area contributed by atoms with Crippen LogP contribution in [0.5, 0.6) is 0 Å². The van der Waals surface area contributed by atoms with Crippen LogP contribution in [0.3, 0.4) is 0 Å². The summed E-state index contributed by atoms with van der Waals surface area (Å²) >= 11 is 0. The molecule has 9 nitrogen and oxygen atoms in total. The highest BCUT2D eigenvalue weighted by molar-refractivity contribution is 5.76. The largest absolute Gasteiger partial charge is 0.263 e. The molecule has 0 amide bonds. The highest BCUT2D eigenvalue weighted by atomic mass is 15.0. The van der Waals surface area contributed by atoms with Crippen LogP contribution in [0.2, 0.25) is 0 Å². The Labute approximate surface area is 275 Å². The van der Waals surface area contributed by atoms with Crippen LogP contribution < -0.4 is 0 Å². The first kappa shape index (κ1) is 29.3. The van der Waals surface area contributed by atoms with Crippen molar-refractivity contribution in [3.63, 3.8) is 0 Å².